The summed E-state index contributed by atoms with van der Waals surface area (Å²) in [5, 5.41) is 0. The third kappa shape index (κ3) is 5.38. The zero-order chi connectivity index (χ0) is 14.9. The highest BCUT2D eigenvalue weighted by molar-refractivity contribution is 7.80. The molecule has 2 atom stereocenters. The molecule has 3 nitrogen and oxygen atoms in total. The maximum absolute atomic E-state index is 12.9. The SMILES string of the molecule is O=S(OCC(CF)OCc1ccccc1)c1ccccc1. The fraction of sp³-hybridized carbons (Fsp3) is 0.250. The van der Waals surface area contributed by atoms with Gasteiger partial charge in [-0.15, -0.1) is 0 Å². The van der Waals surface area contributed by atoms with Crippen LogP contribution in [0.1, 0.15) is 5.56 Å². The predicted octanol–water partition coefficient (Wildman–Crippen LogP) is 3.28. The first kappa shape index (κ1) is 15.8. The molecular weight excluding hydrogens is 291 g/mol. The Hall–Kier alpha value is -1.56. The molecule has 0 spiro atoms. The minimum atomic E-state index is -1.60. The van der Waals surface area contributed by atoms with Gasteiger partial charge in [-0.1, -0.05) is 48.5 Å². The molecule has 0 fully saturated rings. The van der Waals surface area contributed by atoms with Crippen molar-refractivity contribution in [3.8, 4) is 0 Å². The summed E-state index contributed by atoms with van der Waals surface area (Å²) < 4.78 is 35.4. The van der Waals surface area contributed by atoms with Crippen LogP contribution in [0.25, 0.3) is 0 Å². The Bertz CT molecular complexity index is 548. The Balaban J connectivity index is 1.79. The van der Waals surface area contributed by atoms with Gasteiger partial charge in [0.1, 0.15) is 12.8 Å². The third-order valence-corrected chi connectivity index (χ3v) is 3.80. The van der Waals surface area contributed by atoms with E-state index in [9.17, 15) is 8.60 Å². The summed E-state index contributed by atoms with van der Waals surface area (Å²) in [6.07, 6.45) is -0.724. The molecule has 0 aliphatic heterocycles. The first-order valence-corrected chi connectivity index (χ1v) is 7.68. The second-order valence-electron chi connectivity index (χ2n) is 4.41. The molecule has 0 aliphatic carbocycles. The van der Waals surface area contributed by atoms with Crippen LogP contribution in [0.2, 0.25) is 0 Å². The van der Waals surface area contributed by atoms with E-state index in [1.54, 1.807) is 24.3 Å². The van der Waals surface area contributed by atoms with Crippen molar-refractivity contribution in [3.05, 3.63) is 66.2 Å². The Morgan fingerprint density at radius 3 is 2.24 bits per heavy atom. The number of rotatable bonds is 8. The molecule has 0 bridgehead atoms. The average Bonchev–Trinajstić information content (AvgIpc) is 2.56. The van der Waals surface area contributed by atoms with E-state index in [1.807, 2.05) is 36.4 Å². The lowest BCUT2D eigenvalue weighted by Crippen LogP contribution is -2.22. The predicted molar refractivity (Wildman–Crippen MR) is 79.8 cm³/mol. The van der Waals surface area contributed by atoms with Crippen molar-refractivity contribution in [1.82, 2.24) is 0 Å². The Labute approximate surface area is 126 Å². The van der Waals surface area contributed by atoms with E-state index in [0.717, 1.165) is 5.56 Å². The summed E-state index contributed by atoms with van der Waals surface area (Å²) in [5.41, 5.74) is 0.958. The lowest BCUT2D eigenvalue weighted by molar-refractivity contribution is -0.00157. The van der Waals surface area contributed by atoms with Crippen molar-refractivity contribution in [2.75, 3.05) is 13.3 Å². The summed E-state index contributed by atoms with van der Waals surface area (Å²) in [7, 11) is 0. The van der Waals surface area contributed by atoms with E-state index in [0.29, 0.717) is 11.5 Å². The van der Waals surface area contributed by atoms with Crippen LogP contribution >= 0.6 is 0 Å². The molecule has 2 rings (SSSR count). The zero-order valence-electron chi connectivity index (χ0n) is 11.5. The third-order valence-electron chi connectivity index (χ3n) is 2.80. The molecule has 0 radical (unpaired) electrons. The number of hydrogen-bond donors (Lipinski definition) is 0. The quantitative estimate of drug-likeness (QED) is 0.751. The van der Waals surface area contributed by atoms with E-state index in [4.69, 9.17) is 8.92 Å². The van der Waals surface area contributed by atoms with Crippen LogP contribution in [-0.4, -0.2) is 23.6 Å². The largest absolute Gasteiger partial charge is 0.368 e. The minimum absolute atomic E-state index is 0.0508. The van der Waals surface area contributed by atoms with Gasteiger partial charge < -0.3 is 4.74 Å². The molecule has 21 heavy (non-hydrogen) atoms. The fourth-order valence-electron chi connectivity index (χ4n) is 1.66. The lowest BCUT2D eigenvalue weighted by atomic mass is 10.2. The lowest BCUT2D eigenvalue weighted by Gasteiger charge is -2.14. The number of hydrogen-bond acceptors (Lipinski definition) is 3. The van der Waals surface area contributed by atoms with Gasteiger partial charge in [0.25, 0.3) is 0 Å². The second-order valence-corrected chi connectivity index (χ2v) is 5.58. The highest BCUT2D eigenvalue weighted by Crippen LogP contribution is 2.09. The van der Waals surface area contributed by atoms with Crippen LogP contribution in [0.15, 0.2) is 65.6 Å². The molecule has 0 saturated heterocycles. The van der Waals surface area contributed by atoms with Crippen LogP contribution in [0.3, 0.4) is 0 Å². The molecule has 2 aromatic rings. The van der Waals surface area contributed by atoms with Crippen LogP contribution in [0.4, 0.5) is 4.39 Å². The Kier molecular flexibility index (Phi) is 6.53. The first-order valence-electron chi connectivity index (χ1n) is 6.61. The summed E-state index contributed by atoms with van der Waals surface area (Å²) in [5.74, 6) is 0. The van der Waals surface area contributed by atoms with Gasteiger partial charge in [-0.05, 0) is 17.7 Å². The smallest absolute Gasteiger partial charge is 0.189 e. The number of benzene rings is 2. The molecule has 0 heterocycles. The summed E-state index contributed by atoms with van der Waals surface area (Å²) in [6.45, 7) is -0.430. The molecule has 0 aromatic heterocycles. The minimum Gasteiger partial charge on any atom is -0.368 e. The molecule has 0 saturated carbocycles. The van der Waals surface area contributed by atoms with Crippen molar-refractivity contribution in [2.24, 2.45) is 0 Å². The van der Waals surface area contributed by atoms with Gasteiger partial charge in [0.15, 0.2) is 11.1 Å². The van der Waals surface area contributed by atoms with Crippen LogP contribution in [0, 0.1) is 0 Å². The number of alkyl halides is 1. The van der Waals surface area contributed by atoms with Crippen molar-refractivity contribution >= 4 is 11.1 Å². The highest BCUT2D eigenvalue weighted by Gasteiger charge is 2.13. The highest BCUT2D eigenvalue weighted by atomic mass is 32.2. The Morgan fingerprint density at radius 2 is 1.62 bits per heavy atom. The molecular formula is C16H17FO3S. The number of halogens is 1. The first-order chi connectivity index (χ1) is 10.3. The maximum atomic E-state index is 12.9. The van der Waals surface area contributed by atoms with E-state index in [-0.39, 0.29) is 6.61 Å². The zero-order valence-corrected chi connectivity index (χ0v) is 12.3. The van der Waals surface area contributed by atoms with Crippen LogP contribution < -0.4 is 0 Å². The second kappa shape index (κ2) is 8.67. The summed E-state index contributed by atoms with van der Waals surface area (Å²) in [6, 6.07) is 18.3. The Morgan fingerprint density at radius 1 is 1.00 bits per heavy atom. The van der Waals surface area contributed by atoms with E-state index in [2.05, 4.69) is 0 Å². The standard InChI is InChI=1S/C16H17FO3S/c17-11-15(19-12-14-7-3-1-4-8-14)13-20-21(18)16-9-5-2-6-10-16/h1-10,15H,11-13H2. The number of ether oxygens (including phenoxy) is 1. The van der Waals surface area contributed by atoms with Crippen LogP contribution in [0.5, 0.6) is 0 Å². The van der Waals surface area contributed by atoms with E-state index < -0.39 is 23.9 Å². The van der Waals surface area contributed by atoms with Gasteiger partial charge >= 0.3 is 0 Å². The molecule has 5 heteroatoms. The monoisotopic (exact) mass is 308 g/mol. The molecule has 0 amide bonds. The average molecular weight is 308 g/mol. The molecule has 2 aromatic carbocycles. The van der Waals surface area contributed by atoms with Crippen molar-refractivity contribution in [1.29, 1.82) is 0 Å². The van der Waals surface area contributed by atoms with Gasteiger partial charge in [0.2, 0.25) is 0 Å². The van der Waals surface area contributed by atoms with Gasteiger partial charge in [-0.2, -0.15) is 0 Å². The van der Waals surface area contributed by atoms with Crippen molar-refractivity contribution < 1.29 is 17.5 Å². The van der Waals surface area contributed by atoms with Crippen molar-refractivity contribution in [3.63, 3.8) is 0 Å². The molecule has 2 unspecified atom stereocenters. The summed E-state index contributed by atoms with van der Waals surface area (Å²) in [4.78, 5) is 0.554. The van der Waals surface area contributed by atoms with Crippen molar-refractivity contribution in [2.45, 2.75) is 17.6 Å². The molecule has 0 N–H and O–H groups in total. The van der Waals surface area contributed by atoms with Gasteiger partial charge in [0, 0.05) is 0 Å². The summed E-state index contributed by atoms with van der Waals surface area (Å²) >= 11 is -1.60. The van der Waals surface area contributed by atoms with Gasteiger partial charge in [0.05, 0.1) is 18.1 Å². The van der Waals surface area contributed by atoms with E-state index in [1.165, 1.54) is 0 Å². The van der Waals surface area contributed by atoms with E-state index >= 15 is 0 Å². The molecule has 0 aliphatic rings. The molecule has 112 valence electrons. The van der Waals surface area contributed by atoms with Crippen LogP contribution in [-0.2, 0) is 26.6 Å². The fourth-order valence-corrected chi connectivity index (χ4v) is 2.45. The van der Waals surface area contributed by atoms with Gasteiger partial charge in [-0.25, -0.2) is 8.60 Å². The maximum Gasteiger partial charge on any atom is 0.189 e. The normalized spacial score (nSPS) is 13.8. The van der Waals surface area contributed by atoms with Gasteiger partial charge in [-0.3, -0.25) is 4.18 Å². The topological polar surface area (TPSA) is 35.5 Å².